The van der Waals surface area contributed by atoms with Crippen LogP contribution in [0.25, 0.3) is 0 Å². The minimum atomic E-state index is -3.51. The second-order valence-electron chi connectivity index (χ2n) is 6.40. The maximum Gasteiger partial charge on any atom is 0.254 e. The van der Waals surface area contributed by atoms with Gasteiger partial charge < -0.3 is 0 Å². The number of piperazine rings is 1. The van der Waals surface area contributed by atoms with E-state index < -0.39 is 10.0 Å². The van der Waals surface area contributed by atoms with Gasteiger partial charge in [0.1, 0.15) is 0 Å². The molecule has 0 saturated carbocycles. The van der Waals surface area contributed by atoms with E-state index in [1.807, 2.05) is 23.3 Å². The Kier molecular flexibility index (Phi) is 7.00. The first-order valence-electron chi connectivity index (χ1n) is 8.70. The number of hydrazone groups is 1. The number of halogens is 1. The molecule has 1 N–H and O–H groups in total. The Hall–Kier alpha value is -1.59. The Bertz CT molecular complexity index is 949. The van der Waals surface area contributed by atoms with Gasteiger partial charge in [-0.05, 0) is 48.2 Å². The maximum atomic E-state index is 12.7. The minimum absolute atomic E-state index is 0.187. The molecule has 1 aromatic heterocycles. The minimum Gasteiger partial charge on any atom is -0.292 e. The summed E-state index contributed by atoms with van der Waals surface area (Å²) in [6.07, 6.45) is 1.64. The number of benzene rings is 1. The van der Waals surface area contributed by atoms with Crippen molar-refractivity contribution in [2.45, 2.75) is 11.8 Å². The summed E-state index contributed by atoms with van der Waals surface area (Å²) in [7, 11) is -3.51. The molecule has 7 nitrogen and oxygen atoms in total. The largest absolute Gasteiger partial charge is 0.292 e. The van der Waals surface area contributed by atoms with Crippen LogP contribution in [0, 0.1) is 6.92 Å². The lowest BCUT2D eigenvalue weighted by molar-refractivity contribution is -0.122. The third-order valence-electron chi connectivity index (χ3n) is 4.42. The molecule has 2 heterocycles. The first-order valence-corrected chi connectivity index (χ1v) is 11.8. The maximum absolute atomic E-state index is 12.7. The summed E-state index contributed by atoms with van der Waals surface area (Å²) in [6.45, 7) is 3.87. The summed E-state index contributed by atoms with van der Waals surface area (Å²) in [5, 5.41) is 5.96. The Morgan fingerprint density at radius 2 is 1.89 bits per heavy atom. The molecule has 1 aliphatic rings. The Balaban J connectivity index is 1.48. The van der Waals surface area contributed by atoms with Crippen LogP contribution in [0.1, 0.15) is 10.4 Å². The van der Waals surface area contributed by atoms with E-state index in [0.29, 0.717) is 26.2 Å². The molecule has 1 fully saturated rings. The van der Waals surface area contributed by atoms with Crippen LogP contribution in [-0.4, -0.2) is 62.5 Å². The van der Waals surface area contributed by atoms with Crippen molar-refractivity contribution in [3.05, 3.63) is 50.6 Å². The van der Waals surface area contributed by atoms with E-state index in [4.69, 9.17) is 0 Å². The van der Waals surface area contributed by atoms with E-state index in [0.717, 1.165) is 14.9 Å². The van der Waals surface area contributed by atoms with Gasteiger partial charge in [0.2, 0.25) is 10.0 Å². The van der Waals surface area contributed by atoms with Crippen LogP contribution in [0.3, 0.4) is 0 Å². The molecule has 150 valence electrons. The van der Waals surface area contributed by atoms with Crippen molar-refractivity contribution in [3.8, 4) is 0 Å². The molecule has 0 bridgehead atoms. The predicted molar refractivity (Wildman–Crippen MR) is 114 cm³/mol. The van der Waals surface area contributed by atoms with Gasteiger partial charge in [-0.1, -0.05) is 15.9 Å². The third kappa shape index (κ3) is 5.26. The number of carbonyl (C=O) groups is 1. The summed E-state index contributed by atoms with van der Waals surface area (Å²) < 4.78 is 27.7. The number of carbonyl (C=O) groups excluding carboxylic acids is 1. The predicted octanol–water partition coefficient (Wildman–Crippen LogP) is 2.28. The highest BCUT2D eigenvalue weighted by Gasteiger charge is 2.28. The summed E-state index contributed by atoms with van der Waals surface area (Å²) in [6, 6.07) is 8.60. The Morgan fingerprint density at radius 1 is 1.21 bits per heavy atom. The molecule has 0 unspecified atom stereocenters. The number of hydrogen-bond acceptors (Lipinski definition) is 6. The van der Waals surface area contributed by atoms with Gasteiger partial charge in [0, 0.05) is 35.5 Å². The monoisotopic (exact) mass is 484 g/mol. The Labute approximate surface area is 177 Å². The first kappa shape index (κ1) is 21.1. The lowest BCUT2D eigenvalue weighted by atomic mass is 10.3. The smallest absolute Gasteiger partial charge is 0.254 e. The molecule has 0 spiro atoms. The summed E-state index contributed by atoms with van der Waals surface area (Å²) in [4.78, 5) is 15.3. The third-order valence-corrected chi connectivity index (χ3v) is 7.82. The van der Waals surface area contributed by atoms with Crippen molar-refractivity contribution >= 4 is 49.4 Å². The van der Waals surface area contributed by atoms with Crippen molar-refractivity contribution in [2.24, 2.45) is 5.10 Å². The molecule has 1 saturated heterocycles. The summed E-state index contributed by atoms with van der Waals surface area (Å²) >= 11 is 4.87. The van der Waals surface area contributed by atoms with Gasteiger partial charge in [0.05, 0.1) is 17.7 Å². The number of nitrogens with zero attached hydrogens (tertiary/aromatic N) is 3. The van der Waals surface area contributed by atoms with E-state index in [1.165, 1.54) is 4.31 Å². The van der Waals surface area contributed by atoms with Crippen molar-refractivity contribution in [3.63, 3.8) is 0 Å². The molecule has 0 aliphatic carbocycles. The molecule has 0 radical (unpaired) electrons. The van der Waals surface area contributed by atoms with E-state index in [1.54, 1.807) is 41.8 Å². The summed E-state index contributed by atoms with van der Waals surface area (Å²) in [5.74, 6) is -0.213. The number of amides is 1. The average Bonchev–Trinajstić information content (AvgIpc) is 3.07. The molecule has 28 heavy (non-hydrogen) atoms. The van der Waals surface area contributed by atoms with Crippen LogP contribution in [0.2, 0.25) is 0 Å². The molecular formula is C18H21BrN4O3S2. The fraction of sp³-hybridized carbons (Fsp3) is 0.333. The second kappa shape index (κ2) is 9.27. The van der Waals surface area contributed by atoms with Crippen molar-refractivity contribution in [1.29, 1.82) is 0 Å². The molecule has 3 rings (SSSR count). The fourth-order valence-corrected chi connectivity index (χ4v) is 5.27. The van der Waals surface area contributed by atoms with Crippen molar-refractivity contribution < 1.29 is 13.2 Å². The van der Waals surface area contributed by atoms with E-state index in [2.05, 4.69) is 26.5 Å². The van der Waals surface area contributed by atoms with Gasteiger partial charge in [-0.3, -0.25) is 9.69 Å². The highest BCUT2D eigenvalue weighted by Crippen LogP contribution is 2.20. The van der Waals surface area contributed by atoms with Gasteiger partial charge in [0.25, 0.3) is 5.91 Å². The standard InChI is InChI=1S/C18H21BrN4O3S2/c1-14-6-11-27-17(14)12-20-21-18(24)13-22-7-9-23(10-8-22)28(25,26)16-4-2-15(19)3-5-16/h2-6,11-12H,7-10,13H2,1H3,(H,21,24). The van der Waals surface area contributed by atoms with E-state index >= 15 is 0 Å². The average molecular weight is 485 g/mol. The highest BCUT2D eigenvalue weighted by molar-refractivity contribution is 9.10. The van der Waals surface area contributed by atoms with Crippen LogP contribution in [0.5, 0.6) is 0 Å². The van der Waals surface area contributed by atoms with Crippen molar-refractivity contribution in [2.75, 3.05) is 32.7 Å². The van der Waals surface area contributed by atoms with E-state index in [-0.39, 0.29) is 17.3 Å². The molecule has 10 heteroatoms. The highest BCUT2D eigenvalue weighted by atomic mass is 79.9. The van der Waals surface area contributed by atoms with Crippen LogP contribution < -0.4 is 5.43 Å². The molecule has 0 atom stereocenters. The molecule has 1 aromatic carbocycles. The van der Waals surface area contributed by atoms with Gasteiger partial charge in [-0.25, -0.2) is 13.8 Å². The lowest BCUT2D eigenvalue weighted by Crippen LogP contribution is -2.50. The summed E-state index contributed by atoms with van der Waals surface area (Å²) in [5.41, 5.74) is 3.64. The van der Waals surface area contributed by atoms with Crippen molar-refractivity contribution in [1.82, 2.24) is 14.6 Å². The SMILES string of the molecule is Cc1ccsc1C=NNC(=O)CN1CCN(S(=O)(=O)c2ccc(Br)cc2)CC1. The molecular weight excluding hydrogens is 464 g/mol. The van der Waals surface area contributed by atoms with Crippen LogP contribution in [0.15, 0.2) is 50.2 Å². The number of hydrogen-bond donors (Lipinski definition) is 1. The normalized spacial score (nSPS) is 16.5. The topological polar surface area (TPSA) is 82.1 Å². The van der Waals surface area contributed by atoms with Gasteiger partial charge in [0.15, 0.2) is 0 Å². The first-order chi connectivity index (χ1) is 13.4. The quantitative estimate of drug-likeness (QED) is 0.503. The zero-order valence-electron chi connectivity index (χ0n) is 15.3. The van der Waals surface area contributed by atoms with Gasteiger partial charge in [-0.2, -0.15) is 9.41 Å². The zero-order chi connectivity index (χ0) is 20.1. The molecule has 2 aromatic rings. The Morgan fingerprint density at radius 3 is 2.50 bits per heavy atom. The van der Waals surface area contributed by atoms with Gasteiger partial charge >= 0.3 is 0 Å². The lowest BCUT2D eigenvalue weighted by Gasteiger charge is -2.33. The second-order valence-corrected chi connectivity index (χ2v) is 10.2. The zero-order valence-corrected chi connectivity index (χ0v) is 18.6. The van der Waals surface area contributed by atoms with Gasteiger partial charge in [-0.15, -0.1) is 11.3 Å². The molecule has 1 aliphatic heterocycles. The number of sulfonamides is 1. The van der Waals surface area contributed by atoms with E-state index in [9.17, 15) is 13.2 Å². The number of thiophene rings is 1. The fourth-order valence-electron chi connectivity index (χ4n) is 2.80. The number of rotatable bonds is 6. The molecule has 1 amide bonds. The van der Waals surface area contributed by atoms with Crippen LogP contribution in [-0.2, 0) is 14.8 Å². The number of nitrogens with one attached hydrogen (secondary N) is 1. The number of aryl methyl sites for hydroxylation is 1. The van der Waals surface area contributed by atoms with Crippen LogP contribution >= 0.6 is 27.3 Å². The van der Waals surface area contributed by atoms with Crippen LogP contribution in [0.4, 0.5) is 0 Å².